The lowest BCUT2D eigenvalue weighted by Gasteiger charge is -2.31. The third kappa shape index (κ3) is 4.09. The van der Waals surface area contributed by atoms with Gasteiger partial charge in [0.1, 0.15) is 0 Å². The summed E-state index contributed by atoms with van der Waals surface area (Å²) in [7, 11) is 0. The number of carbonyl (C=O) groups is 4. The van der Waals surface area contributed by atoms with Gasteiger partial charge >= 0.3 is 17.8 Å². The zero-order chi connectivity index (χ0) is 23.3. The second-order valence-electron chi connectivity index (χ2n) is 6.97. The largest absolute Gasteiger partial charge is 0.464 e. The summed E-state index contributed by atoms with van der Waals surface area (Å²) in [4.78, 5) is 51.5. The van der Waals surface area contributed by atoms with E-state index in [0.717, 1.165) is 4.90 Å². The van der Waals surface area contributed by atoms with E-state index < -0.39 is 29.2 Å². The van der Waals surface area contributed by atoms with Crippen molar-refractivity contribution in [2.75, 3.05) is 23.5 Å². The van der Waals surface area contributed by atoms with Gasteiger partial charge in [0.15, 0.2) is 11.3 Å². The molecule has 1 heterocycles. The van der Waals surface area contributed by atoms with Crippen LogP contribution in [0.3, 0.4) is 0 Å². The molecule has 0 aliphatic carbocycles. The SMILES string of the molecule is CCOC(=O)c1ccc(N/N=C2/C(=O)C(=O)N(c3ccccc3)C2(C)C(=O)OCC)cc1. The molecule has 32 heavy (non-hydrogen) atoms. The van der Waals surface area contributed by atoms with Crippen molar-refractivity contribution in [1.82, 2.24) is 0 Å². The van der Waals surface area contributed by atoms with Crippen LogP contribution in [0.4, 0.5) is 11.4 Å². The fourth-order valence-corrected chi connectivity index (χ4v) is 3.32. The van der Waals surface area contributed by atoms with Crippen LogP contribution in [-0.4, -0.2) is 48.1 Å². The van der Waals surface area contributed by atoms with Gasteiger partial charge in [-0.15, -0.1) is 0 Å². The number of carbonyl (C=O) groups excluding carboxylic acids is 4. The van der Waals surface area contributed by atoms with Gasteiger partial charge in [-0.2, -0.15) is 5.10 Å². The molecule has 3 rings (SSSR count). The number of para-hydroxylation sites is 1. The molecule has 1 unspecified atom stereocenters. The molecular formula is C23H23N3O6. The highest BCUT2D eigenvalue weighted by molar-refractivity contribution is 6.75. The Balaban J connectivity index is 1.97. The van der Waals surface area contributed by atoms with Crippen LogP contribution in [0.5, 0.6) is 0 Å². The van der Waals surface area contributed by atoms with E-state index in [9.17, 15) is 19.2 Å². The van der Waals surface area contributed by atoms with E-state index in [1.807, 2.05) is 0 Å². The topological polar surface area (TPSA) is 114 Å². The first-order valence-corrected chi connectivity index (χ1v) is 10.1. The summed E-state index contributed by atoms with van der Waals surface area (Å²) in [6.45, 7) is 5.09. The quantitative estimate of drug-likeness (QED) is 0.402. The van der Waals surface area contributed by atoms with E-state index in [1.165, 1.54) is 19.1 Å². The number of hydrogen-bond donors (Lipinski definition) is 1. The Morgan fingerprint density at radius 1 is 0.969 bits per heavy atom. The first-order chi connectivity index (χ1) is 15.3. The van der Waals surface area contributed by atoms with Crippen LogP contribution < -0.4 is 10.3 Å². The maximum Gasteiger partial charge on any atom is 0.338 e. The number of amides is 1. The number of nitrogens with zero attached hydrogens (tertiary/aromatic N) is 2. The van der Waals surface area contributed by atoms with Crippen molar-refractivity contribution >= 4 is 40.7 Å². The predicted octanol–water partition coefficient (Wildman–Crippen LogP) is 2.57. The van der Waals surface area contributed by atoms with Crippen molar-refractivity contribution < 1.29 is 28.7 Å². The average molecular weight is 437 g/mol. The Labute approximate surface area is 185 Å². The normalized spacial score (nSPS) is 19.2. The van der Waals surface area contributed by atoms with Gasteiger partial charge in [0.05, 0.1) is 24.5 Å². The summed E-state index contributed by atoms with van der Waals surface area (Å²) in [5, 5.41) is 4.11. The molecule has 1 atom stereocenters. The molecule has 1 fully saturated rings. The Morgan fingerprint density at radius 2 is 1.59 bits per heavy atom. The molecule has 1 saturated heterocycles. The number of hydrazone groups is 1. The first kappa shape index (κ1) is 22.7. The van der Waals surface area contributed by atoms with Gasteiger partial charge in [0.25, 0.3) is 5.78 Å². The van der Waals surface area contributed by atoms with E-state index in [2.05, 4.69) is 10.5 Å². The molecule has 9 nitrogen and oxygen atoms in total. The summed E-state index contributed by atoms with van der Waals surface area (Å²) < 4.78 is 10.1. The van der Waals surface area contributed by atoms with Crippen molar-refractivity contribution in [3.05, 3.63) is 60.2 Å². The number of esters is 2. The molecule has 166 valence electrons. The van der Waals surface area contributed by atoms with Crippen LogP contribution in [0, 0.1) is 0 Å². The Bertz CT molecular complexity index is 1060. The minimum absolute atomic E-state index is 0.0649. The lowest BCUT2D eigenvalue weighted by atomic mass is 9.95. The zero-order valence-electron chi connectivity index (χ0n) is 18.0. The van der Waals surface area contributed by atoms with Crippen LogP contribution in [0.15, 0.2) is 59.7 Å². The predicted molar refractivity (Wildman–Crippen MR) is 117 cm³/mol. The molecule has 1 amide bonds. The molecule has 1 aliphatic heterocycles. The number of rotatable bonds is 7. The van der Waals surface area contributed by atoms with Crippen molar-refractivity contribution in [3.8, 4) is 0 Å². The number of ketones is 1. The van der Waals surface area contributed by atoms with Gasteiger partial charge in [0.2, 0.25) is 0 Å². The summed E-state index contributed by atoms with van der Waals surface area (Å²) >= 11 is 0. The molecule has 0 bridgehead atoms. The fraction of sp³-hybridized carbons (Fsp3) is 0.261. The van der Waals surface area contributed by atoms with Gasteiger partial charge in [-0.1, -0.05) is 18.2 Å². The van der Waals surface area contributed by atoms with Crippen LogP contribution in [0.2, 0.25) is 0 Å². The highest BCUT2D eigenvalue weighted by atomic mass is 16.5. The summed E-state index contributed by atoms with van der Waals surface area (Å²) in [5.41, 5.74) is 1.79. The van der Waals surface area contributed by atoms with E-state index in [4.69, 9.17) is 9.47 Å². The second-order valence-corrected chi connectivity index (χ2v) is 6.97. The second kappa shape index (κ2) is 9.42. The van der Waals surface area contributed by atoms with Gasteiger partial charge in [-0.05, 0) is 57.2 Å². The number of benzene rings is 2. The molecule has 1 aliphatic rings. The van der Waals surface area contributed by atoms with E-state index in [-0.39, 0.29) is 18.9 Å². The summed E-state index contributed by atoms with van der Waals surface area (Å²) in [5.74, 6) is -3.04. The van der Waals surface area contributed by atoms with E-state index >= 15 is 0 Å². The minimum Gasteiger partial charge on any atom is -0.464 e. The minimum atomic E-state index is -1.76. The third-order valence-corrected chi connectivity index (χ3v) is 4.90. The molecule has 9 heteroatoms. The number of hydrogen-bond acceptors (Lipinski definition) is 8. The monoisotopic (exact) mass is 437 g/mol. The number of ether oxygens (including phenoxy) is 2. The maximum atomic E-state index is 12.9. The molecule has 0 aromatic heterocycles. The van der Waals surface area contributed by atoms with Gasteiger partial charge in [-0.3, -0.25) is 19.9 Å². The number of Topliss-reactive ketones (excluding diaryl/α,β-unsaturated/α-hetero) is 1. The smallest absolute Gasteiger partial charge is 0.338 e. The Morgan fingerprint density at radius 3 is 2.19 bits per heavy atom. The molecule has 0 radical (unpaired) electrons. The third-order valence-electron chi connectivity index (χ3n) is 4.90. The average Bonchev–Trinajstić information content (AvgIpc) is 2.99. The summed E-state index contributed by atoms with van der Waals surface area (Å²) in [6, 6.07) is 14.6. The molecule has 2 aromatic rings. The highest BCUT2D eigenvalue weighted by Crippen LogP contribution is 2.33. The Kier molecular flexibility index (Phi) is 6.67. The van der Waals surface area contributed by atoms with Crippen LogP contribution in [-0.2, 0) is 23.9 Å². The lowest BCUT2D eigenvalue weighted by Crippen LogP contribution is -2.55. The van der Waals surface area contributed by atoms with Crippen molar-refractivity contribution in [2.45, 2.75) is 26.3 Å². The maximum absolute atomic E-state index is 12.9. The van der Waals surface area contributed by atoms with Crippen LogP contribution >= 0.6 is 0 Å². The molecule has 1 N–H and O–H groups in total. The van der Waals surface area contributed by atoms with Crippen molar-refractivity contribution in [1.29, 1.82) is 0 Å². The van der Waals surface area contributed by atoms with Crippen molar-refractivity contribution in [3.63, 3.8) is 0 Å². The highest BCUT2D eigenvalue weighted by Gasteiger charge is 2.60. The van der Waals surface area contributed by atoms with E-state index in [1.54, 1.807) is 56.3 Å². The first-order valence-electron chi connectivity index (χ1n) is 10.1. The Hall–Kier alpha value is -4.01. The van der Waals surface area contributed by atoms with Crippen LogP contribution in [0.1, 0.15) is 31.1 Å². The standard InChI is InChI=1S/C23H23N3O6/c1-4-31-21(29)15-11-13-16(14-12-15)24-25-19-18(27)20(28)26(17-9-7-6-8-10-17)23(19,3)22(30)32-5-2/h6-14,24H,4-5H2,1-3H3/b25-19-. The van der Waals surface area contributed by atoms with Gasteiger partial charge in [-0.25, -0.2) is 9.59 Å². The van der Waals surface area contributed by atoms with Gasteiger partial charge < -0.3 is 9.47 Å². The molecule has 0 spiro atoms. The number of anilines is 2. The van der Waals surface area contributed by atoms with Gasteiger partial charge in [0, 0.05) is 5.69 Å². The lowest BCUT2D eigenvalue weighted by molar-refractivity contribution is -0.147. The van der Waals surface area contributed by atoms with Crippen molar-refractivity contribution in [2.24, 2.45) is 5.10 Å². The molecule has 2 aromatic carbocycles. The molecular weight excluding hydrogens is 414 g/mol. The number of nitrogens with one attached hydrogen (secondary N) is 1. The molecule has 0 saturated carbocycles. The van der Waals surface area contributed by atoms with Crippen LogP contribution in [0.25, 0.3) is 0 Å². The summed E-state index contributed by atoms with van der Waals surface area (Å²) in [6.07, 6.45) is 0. The zero-order valence-corrected chi connectivity index (χ0v) is 18.0. The fourth-order valence-electron chi connectivity index (χ4n) is 3.32. The van der Waals surface area contributed by atoms with E-state index in [0.29, 0.717) is 16.9 Å².